The minimum Gasteiger partial charge on any atom is -0.450 e. The van der Waals surface area contributed by atoms with E-state index in [0.29, 0.717) is 13.2 Å². The van der Waals surface area contributed by atoms with Crippen molar-refractivity contribution >= 4 is 41.0 Å². The van der Waals surface area contributed by atoms with Gasteiger partial charge in [-0.15, -0.1) is 0 Å². The lowest BCUT2D eigenvalue weighted by Crippen LogP contribution is -2.54. The Hall–Kier alpha value is -2.73. The minimum absolute atomic E-state index is 0.0254. The fourth-order valence-electron chi connectivity index (χ4n) is 7.48. The summed E-state index contributed by atoms with van der Waals surface area (Å²) in [6.07, 6.45) is 9.64. The van der Waals surface area contributed by atoms with E-state index in [0.717, 1.165) is 79.8 Å². The number of esters is 1. The summed E-state index contributed by atoms with van der Waals surface area (Å²) in [5.74, 6) is -0.738. The maximum absolute atomic E-state index is 12.5. The molecule has 0 bridgehead atoms. The number of benzene rings is 2. The number of hydrogen-bond donors (Lipinski definition) is 2. The quantitative estimate of drug-likeness (QED) is 0.156. The molecule has 0 radical (unpaired) electrons. The lowest BCUT2D eigenvalue weighted by atomic mass is 9.74. The predicted molar refractivity (Wildman–Crippen MR) is 212 cm³/mol. The van der Waals surface area contributed by atoms with Crippen LogP contribution in [0.3, 0.4) is 0 Å². The number of halogens is 2. The van der Waals surface area contributed by atoms with Crippen LogP contribution < -0.4 is 10.6 Å². The standard InChI is InChI=1S/C21H31ClN2O3.C20H31ClN2O3/c1-15(25)27-20(2,3)19(26)23-17-10-12-21(13-11-17,24(4)5)14-16-8-6-7-9-18(16)22;1-23(2)20(14-16-4-6-17(21)7-5-16)10-8-18(9-11-20)22-19(24)15-26-13-12-25-3/h6-9,17H,10-14H2,1-5H3,(H,23,26);4-7,18H,8-15H2,1-3H3,(H,22,24). The Balaban J connectivity index is 0.000000286. The summed E-state index contributed by atoms with van der Waals surface area (Å²) in [6.45, 7) is 5.60. The SMILES string of the molecule is CC(=O)OC(C)(C)C(=O)NC1CCC(Cc2ccccc2Cl)(N(C)C)CC1.COCCOCC(=O)NC1CCC(Cc2ccc(Cl)cc2)(N(C)C)CC1. The third kappa shape index (κ3) is 13.8. The van der Waals surface area contributed by atoms with Gasteiger partial charge in [0.15, 0.2) is 5.60 Å². The number of likely N-dealkylation sites (N-methyl/N-ethyl adjacent to an activating group) is 2. The highest BCUT2D eigenvalue weighted by atomic mass is 35.5. The van der Waals surface area contributed by atoms with E-state index in [2.05, 4.69) is 66.8 Å². The van der Waals surface area contributed by atoms with Crippen LogP contribution in [0, 0.1) is 0 Å². The van der Waals surface area contributed by atoms with E-state index in [-0.39, 0.29) is 41.6 Å². The maximum atomic E-state index is 12.5. The van der Waals surface area contributed by atoms with Crippen LogP contribution in [0.1, 0.15) is 83.3 Å². The smallest absolute Gasteiger partial charge is 0.303 e. The molecular formula is C41H62Cl2N4O6. The highest BCUT2D eigenvalue weighted by Gasteiger charge is 2.40. The van der Waals surface area contributed by atoms with Crippen LogP contribution in [-0.4, -0.2) is 111 Å². The second-order valence-electron chi connectivity index (χ2n) is 15.5. The molecule has 10 nitrogen and oxygen atoms in total. The molecule has 2 aromatic rings. The number of nitrogens with zero attached hydrogens (tertiary/aromatic N) is 2. The summed E-state index contributed by atoms with van der Waals surface area (Å²) in [5.41, 5.74) is 1.46. The number of methoxy groups -OCH3 is 1. The average molecular weight is 778 g/mol. The van der Waals surface area contributed by atoms with Crippen LogP contribution in [0.2, 0.25) is 10.0 Å². The molecule has 296 valence electrons. The van der Waals surface area contributed by atoms with E-state index in [1.165, 1.54) is 12.5 Å². The van der Waals surface area contributed by atoms with Gasteiger partial charge in [-0.1, -0.05) is 53.5 Å². The molecule has 0 heterocycles. The summed E-state index contributed by atoms with van der Waals surface area (Å²) in [7, 11) is 10.1. The van der Waals surface area contributed by atoms with E-state index < -0.39 is 11.6 Å². The molecule has 0 unspecified atom stereocenters. The van der Waals surface area contributed by atoms with E-state index in [1.807, 2.05) is 30.3 Å². The number of hydrogen-bond acceptors (Lipinski definition) is 8. The zero-order chi connectivity index (χ0) is 39.2. The topological polar surface area (TPSA) is 109 Å². The first-order valence-corrected chi connectivity index (χ1v) is 19.5. The molecule has 2 aliphatic carbocycles. The van der Waals surface area contributed by atoms with Crippen LogP contribution in [-0.2, 0) is 41.4 Å². The highest BCUT2D eigenvalue weighted by Crippen LogP contribution is 2.38. The van der Waals surface area contributed by atoms with Gasteiger partial charge in [0, 0.05) is 47.2 Å². The molecule has 0 atom stereocenters. The van der Waals surface area contributed by atoms with Crippen molar-refractivity contribution in [1.82, 2.24) is 20.4 Å². The van der Waals surface area contributed by atoms with Crippen LogP contribution in [0.5, 0.6) is 0 Å². The molecule has 2 amide bonds. The van der Waals surface area contributed by atoms with Gasteiger partial charge in [-0.2, -0.15) is 0 Å². The molecular weight excluding hydrogens is 715 g/mol. The second kappa shape index (κ2) is 20.8. The van der Waals surface area contributed by atoms with Gasteiger partial charge in [0.1, 0.15) is 6.61 Å². The Bertz CT molecular complexity index is 1450. The van der Waals surface area contributed by atoms with Gasteiger partial charge in [-0.3, -0.25) is 14.4 Å². The van der Waals surface area contributed by atoms with Gasteiger partial charge >= 0.3 is 5.97 Å². The van der Waals surface area contributed by atoms with Crippen molar-refractivity contribution in [3.8, 4) is 0 Å². The fraction of sp³-hybridized carbons (Fsp3) is 0.634. The molecule has 4 rings (SSSR count). The van der Waals surface area contributed by atoms with Crippen molar-refractivity contribution in [2.45, 2.75) is 114 Å². The molecule has 2 N–H and O–H groups in total. The van der Waals surface area contributed by atoms with Crippen molar-refractivity contribution in [2.24, 2.45) is 0 Å². The van der Waals surface area contributed by atoms with E-state index in [1.54, 1.807) is 21.0 Å². The first-order chi connectivity index (χ1) is 25.0. The fourth-order valence-corrected chi connectivity index (χ4v) is 7.81. The van der Waals surface area contributed by atoms with Crippen molar-refractivity contribution in [3.05, 3.63) is 69.7 Å². The molecule has 2 aromatic carbocycles. The van der Waals surface area contributed by atoms with E-state index in [9.17, 15) is 14.4 Å². The number of amides is 2. The summed E-state index contributed by atoms with van der Waals surface area (Å²) >= 11 is 12.4. The molecule has 12 heteroatoms. The monoisotopic (exact) mass is 776 g/mol. The highest BCUT2D eigenvalue weighted by molar-refractivity contribution is 6.31. The van der Waals surface area contributed by atoms with Gasteiger partial charge in [0.2, 0.25) is 5.91 Å². The number of carbonyl (C=O) groups is 3. The zero-order valence-electron chi connectivity index (χ0n) is 33.1. The summed E-state index contributed by atoms with van der Waals surface area (Å²) in [4.78, 5) is 40.3. The maximum Gasteiger partial charge on any atom is 0.303 e. The van der Waals surface area contributed by atoms with Crippen LogP contribution in [0.4, 0.5) is 0 Å². The van der Waals surface area contributed by atoms with Gasteiger partial charge in [0.25, 0.3) is 5.91 Å². The van der Waals surface area contributed by atoms with Crippen molar-refractivity contribution < 1.29 is 28.6 Å². The summed E-state index contributed by atoms with van der Waals surface area (Å²) < 4.78 is 15.3. The number of ether oxygens (including phenoxy) is 3. The predicted octanol–water partition coefficient (Wildman–Crippen LogP) is 6.49. The number of nitrogens with one attached hydrogen (secondary N) is 2. The molecule has 2 saturated carbocycles. The molecule has 0 aliphatic heterocycles. The summed E-state index contributed by atoms with van der Waals surface area (Å²) in [5, 5.41) is 7.73. The Kier molecular flexibility index (Phi) is 17.5. The van der Waals surface area contributed by atoms with Gasteiger partial charge in [-0.05, 0) is 136 Å². The Morgan fingerprint density at radius 2 is 1.32 bits per heavy atom. The van der Waals surface area contributed by atoms with E-state index in [4.69, 9.17) is 37.4 Å². The first-order valence-electron chi connectivity index (χ1n) is 18.7. The molecule has 2 aliphatic rings. The Labute approximate surface area is 327 Å². The minimum atomic E-state index is -1.15. The van der Waals surface area contributed by atoms with Crippen LogP contribution in [0.15, 0.2) is 48.5 Å². The Morgan fingerprint density at radius 3 is 1.83 bits per heavy atom. The van der Waals surface area contributed by atoms with Gasteiger partial charge in [0.05, 0.1) is 13.2 Å². The molecule has 0 saturated heterocycles. The normalized spacial score (nSPS) is 23.2. The average Bonchev–Trinajstić information content (AvgIpc) is 3.10. The van der Waals surface area contributed by atoms with Crippen molar-refractivity contribution in [2.75, 3.05) is 55.1 Å². The lowest BCUT2D eigenvalue weighted by molar-refractivity contribution is -0.163. The third-order valence-electron chi connectivity index (χ3n) is 11.0. The van der Waals surface area contributed by atoms with Crippen LogP contribution >= 0.6 is 23.2 Å². The zero-order valence-corrected chi connectivity index (χ0v) is 34.6. The first kappa shape index (κ1) is 44.7. The van der Waals surface area contributed by atoms with E-state index >= 15 is 0 Å². The molecule has 0 aromatic heterocycles. The van der Waals surface area contributed by atoms with Crippen LogP contribution in [0.25, 0.3) is 0 Å². The molecule has 2 fully saturated rings. The van der Waals surface area contributed by atoms with Gasteiger partial charge < -0.3 is 34.6 Å². The number of carbonyl (C=O) groups excluding carboxylic acids is 3. The summed E-state index contributed by atoms with van der Waals surface area (Å²) in [6, 6.07) is 16.4. The number of rotatable bonds is 15. The van der Waals surface area contributed by atoms with Crippen molar-refractivity contribution in [1.29, 1.82) is 0 Å². The molecule has 53 heavy (non-hydrogen) atoms. The van der Waals surface area contributed by atoms with Crippen molar-refractivity contribution in [3.63, 3.8) is 0 Å². The Morgan fingerprint density at radius 1 is 0.792 bits per heavy atom. The van der Waals surface area contributed by atoms with Gasteiger partial charge in [-0.25, -0.2) is 0 Å². The lowest BCUT2D eigenvalue weighted by Gasteiger charge is -2.46. The molecule has 0 spiro atoms. The second-order valence-corrected chi connectivity index (χ2v) is 16.4. The largest absolute Gasteiger partial charge is 0.450 e. The third-order valence-corrected chi connectivity index (χ3v) is 11.6.